The van der Waals surface area contributed by atoms with Gasteiger partial charge in [-0.3, -0.25) is 4.79 Å². The number of alkyl halides is 4. The number of amides is 1. The molecule has 0 spiro atoms. The zero-order valence-corrected chi connectivity index (χ0v) is 12.4. The summed E-state index contributed by atoms with van der Waals surface area (Å²) in [4.78, 5) is 11.7. The van der Waals surface area contributed by atoms with Crippen molar-refractivity contribution in [2.45, 2.75) is 20.0 Å². The number of hydrogen-bond donors (Lipinski definition) is 1. The predicted molar refractivity (Wildman–Crippen MR) is 75.8 cm³/mol. The standard InChI is InChI=1S/C15H15ClF3NO/c1-14(2,10-16)13(21)20-9-5-7-11-6-3-4-8-12(11)15(17,18)19/h3-4,6,8H,9-10H2,1-2H3,(H,20,21). The summed E-state index contributed by atoms with van der Waals surface area (Å²) < 4.78 is 38.2. The molecular weight excluding hydrogens is 303 g/mol. The van der Waals surface area contributed by atoms with Crippen LogP contribution in [0, 0.1) is 17.3 Å². The van der Waals surface area contributed by atoms with Crippen LogP contribution in [0.4, 0.5) is 13.2 Å². The van der Waals surface area contributed by atoms with E-state index in [0.29, 0.717) is 0 Å². The number of halogens is 4. The van der Waals surface area contributed by atoms with E-state index in [1.807, 2.05) is 0 Å². The Kier molecular flexibility index (Phi) is 5.68. The highest BCUT2D eigenvalue weighted by Crippen LogP contribution is 2.31. The van der Waals surface area contributed by atoms with Crippen LogP contribution in [0.25, 0.3) is 0 Å². The van der Waals surface area contributed by atoms with Gasteiger partial charge in [-0.1, -0.05) is 24.0 Å². The maximum atomic E-state index is 12.7. The second-order valence-corrected chi connectivity index (χ2v) is 5.31. The first-order valence-electron chi connectivity index (χ1n) is 6.18. The van der Waals surface area contributed by atoms with Crippen LogP contribution in [0.15, 0.2) is 24.3 Å². The molecule has 0 aromatic heterocycles. The maximum absolute atomic E-state index is 12.7. The molecule has 0 radical (unpaired) electrons. The summed E-state index contributed by atoms with van der Waals surface area (Å²) in [5.41, 5.74) is -1.65. The molecule has 2 nitrogen and oxygen atoms in total. The normalized spacial score (nSPS) is 11.5. The van der Waals surface area contributed by atoms with Crippen molar-refractivity contribution in [1.29, 1.82) is 0 Å². The average molecular weight is 318 g/mol. The lowest BCUT2D eigenvalue weighted by Gasteiger charge is -2.19. The Hall–Kier alpha value is -1.67. The first kappa shape index (κ1) is 17.4. The van der Waals surface area contributed by atoms with Gasteiger partial charge >= 0.3 is 6.18 Å². The Morgan fingerprint density at radius 2 is 1.90 bits per heavy atom. The Morgan fingerprint density at radius 1 is 1.29 bits per heavy atom. The fraction of sp³-hybridized carbons (Fsp3) is 0.400. The highest BCUT2D eigenvalue weighted by molar-refractivity contribution is 6.19. The van der Waals surface area contributed by atoms with Gasteiger partial charge < -0.3 is 5.32 Å². The van der Waals surface area contributed by atoms with E-state index in [2.05, 4.69) is 17.2 Å². The summed E-state index contributed by atoms with van der Waals surface area (Å²) in [5.74, 6) is 4.79. The topological polar surface area (TPSA) is 29.1 Å². The second kappa shape index (κ2) is 6.86. The molecule has 0 aliphatic rings. The minimum absolute atomic E-state index is 0.0364. The van der Waals surface area contributed by atoms with Crippen LogP contribution in [0.1, 0.15) is 25.0 Å². The summed E-state index contributed by atoms with van der Waals surface area (Å²) >= 11 is 5.65. The lowest BCUT2D eigenvalue weighted by atomic mass is 9.95. The molecule has 0 aliphatic carbocycles. The Balaban J connectivity index is 2.76. The van der Waals surface area contributed by atoms with E-state index < -0.39 is 17.2 Å². The van der Waals surface area contributed by atoms with Crippen LogP contribution in [-0.2, 0) is 11.0 Å². The van der Waals surface area contributed by atoms with Gasteiger partial charge in [0.15, 0.2) is 0 Å². The number of benzene rings is 1. The highest BCUT2D eigenvalue weighted by Gasteiger charge is 2.32. The monoisotopic (exact) mass is 317 g/mol. The van der Waals surface area contributed by atoms with Crippen LogP contribution < -0.4 is 5.32 Å². The van der Waals surface area contributed by atoms with Gasteiger partial charge in [0.2, 0.25) is 5.91 Å². The van der Waals surface area contributed by atoms with Crippen molar-refractivity contribution in [2.24, 2.45) is 5.41 Å². The summed E-state index contributed by atoms with van der Waals surface area (Å²) in [6, 6.07) is 5.05. The van der Waals surface area contributed by atoms with Crippen LogP contribution in [-0.4, -0.2) is 18.3 Å². The zero-order valence-electron chi connectivity index (χ0n) is 11.6. The van der Waals surface area contributed by atoms with Crippen LogP contribution in [0.5, 0.6) is 0 Å². The third-order valence-electron chi connectivity index (χ3n) is 2.74. The quantitative estimate of drug-likeness (QED) is 0.671. The van der Waals surface area contributed by atoms with Gasteiger partial charge in [-0.25, -0.2) is 0 Å². The molecule has 1 rings (SSSR count). The Bertz CT molecular complexity index is 570. The van der Waals surface area contributed by atoms with Crippen molar-refractivity contribution in [3.05, 3.63) is 35.4 Å². The molecule has 6 heteroatoms. The van der Waals surface area contributed by atoms with E-state index in [1.54, 1.807) is 13.8 Å². The van der Waals surface area contributed by atoms with Gasteiger partial charge in [0.25, 0.3) is 0 Å². The van der Waals surface area contributed by atoms with E-state index in [4.69, 9.17) is 11.6 Å². The van der Waals surface area contributed by atoms with Crippen LogP contribution in [0.3, 0.4) is 0 Å². The Morgan fingerprint density at radius 3 is 2.48 bits per heavy atom. The van der Waals surface area contributed by atoms with E-state index in [1.165, 1.54) is 18.2 Å². The third-order valence-corrected chi connectivity index (χ3v) is 3.41. The molecular formula is C15H15ClF3NO. The summed E-state index contributed by atoms with van der Waals surface area (Å²) in [6.07, 6.45) is -4.45. The van der Waals surface area contributed by atoms with Crippen molar-refractivity contribution >= 4 is 17.5 Å². The fourth-order valence-corrected chi connectivity index (χ4v) is 1.52. The molecule has 0 saturated carbocycles. The largest absolute Gasteiger partial charge is 0.417 e. The van der Waals surface area contributed by atoms with E-state index >= 15 is 0 Å². The van der Waals surface area contributed by atoms with Crippen molar-refractivity contribution in [2.75, 3.05) is 12.4 Å². The first-order chi connectivity index (χ1) is 9.68. The molecule has 0 heterocycles. The molecule has 114 valence electrons. The lowest BCUT2D eigenvalue weighted by molar-refractivity contribution is -0.137. The minimum atomic E-state index is -4.45. The van der Waals surface area contributed by atoms with Crippen molar-refractivity contribution in [3.8, 4) is 11.8 Å². The fourth-order valence-electron chi connectivity index (χ4n) is 1.40. The van der Waals surface area contributed by atoms with E-state index in [0.717, 1.165) is 6.07 Å². The molecule has 1 aromatic rings. The van der Waals surface area contributed by atoms with Gasteiger partial charge in [-0.05, 0) is 26.0 Å². The van der Waals surface area contributed by atoms with Gasteiger partial charge in [0.1, 0.15) is 0 Å². The predicted octanol–water partition coefficient (Wildman–Crippen LogP) is 3.44. The maximum Gasteiger partial charge on any atom is 0.417 e. The number of hydrogen-bond acceptors (Lipinski definition) is 1. The van der Waals surface area contributed by atoms with Gasteiger partial charge in [0, 0.05) is 11.4 Å². The number of carbonyl (C=O) groups excluding carboxylic acids is 1. The molecule has 1 N–H and O–H groups in total. The van der Waals surface area contributed by atoms with Crippen LogP contribution >= 0.6 is 11.6 Å². The van der Waals surface area contributed by atoms with Gasteiger partial charge in [-0.15, -0.1) is 11.6 Å². The molecule has 21 heavy (non-hydrogen) atoms. The highest BCUT2D eigenvalue weighted by atomic mass is 35.5. The van der Waals surface area contributed by atoms with Crippen molar-refractivity contribution in [3.63, 3.8) is 0 Å². The smallest absolute Gasteiger partial charge is 0.345 e. The SMILES string of the molecule is CC(C)(CCl)C(=O)NCC#Cc1ccccc1C(F)(F)F. The Labute approximate surface area is 126 Å². The third kappa shape index (κ3) is 4.98. The number of nitrogens with one attached hydrogen (secondary N) is 1. The molecule has 0 fully saturated rings. The molecule has 0 aliphatic heterocycles. The lowest BCUT2D eigenvalue weighted by Crippen LogP contribution is -2.38. The molecule has 1 amide bonds. The van der Waals surface area contributed by atoms with E-state index in [9.17, 15) is 18.0 Å². The summed E-state index contributed by atoms with van der Waals surface area (Å²) in [7, 11) is 0. The zero-order chi connectivity index (χ0) is 16.1. The number of carbonyl (C=O) groups is 1. The molecule has 1 aromatic carbocycles. The van der Waals surface area contributed by atoms with Crippen molar-refractivity contribution < 1.29 is 18.0 Å². The molecule has 0 saturated heterocycles. The summed E-state index contributed by atoms with van der Waals surface area (Å²) in [5, 5.41) is 2.52. The van der Waals surface area contributed by atoms with E-state index in [-0.39, 0.29) is 23.9 Å². The first-order valence-corrected chi connectivity index (χ1v) is 6.71. The molecule has 0 bridgehead atoms. The van der Waals surface area contributed by atoms with Gasteiger partial charge in [-0.2, -0.15) is 13.2 Å². The van der Waals surface area contributed by atoms with Crippen molar-refractivity contribution in [1.82, 2.24) is 5.32 Å². The average Bonchev–Trinajstić information content (AvgIpc) is 2.42. The van der Waals surface area contributed by atoms with Crippen LogP contribution in [0.2, 0.25) is 0 Å². The number of rotatable bonds is 3. The second-order valence-electron chi connectivity index (χ2n) is 5.05. The molecule has 0 unspecified atom stereocenters. The minimum Gasteiger partial charge on any atom is -0.345 e. The summed E-state index contributed by atoms with van der Waals surface area (Å²) in [6.45, 7) is 3.30. The molecule has 0 atom stereocenters. The van der Waals surface area contributed by atoms with Gasteiger partial charge in [0.05, 0.1) is 17.5 Å².